The summed E-state index contributed by atoms with van der Waals surface area (Å²) in [6.45, 7) is 4.00. The topological polar surface area (TPSA) is 38.3 Å². The first-order valence-electron chi connectivity index (χ1n) is 6.29. The Morgan fingerprint density at radius 1 is 1.50 bits per heavy atom. The largest absolute Gasteiger partial charge is 0.488 e. The molecule has 1 unspecified atom stereocenters. The minimum Gasteiger partial charge on any atom is -0.488 e. The number of ether oxygens (including phenoxy) is 1. The van der Waals surface area contributed by atoms with Crippen LogP contribution in [0.1, 0.15) is 32.3 Å². The summed E-state index contributed by atoms with van der Waals surface area (Å²) in [5.74, 6) is 0.828. The number of carbonyl (C=O) groups is 1. The Kier molecular flexibility index (Phi) is 2.56. The zero-order chi connectivity index (χ0) is 12.9. The van der Waals surface area contributed by atoms with Crippen LogP contribution in [0.4, 0.5) is 5.69 Å². The molecule has 3 nitrogen and oxygen atoms in total. The maximum Gasteiger partial charge on any atom is 0.230 e. The lowest BCUT2D eigenvalue weighted by molar-refractivity contribution is -0.120. The van der Waals surface area contributed by atoms with Gasteiger partial charge in [-0.15, -0.1) is 0 Å². The van der Waals surface area contributed by atoms with Crippen molar-refractivity contribution >= 4 is 23.2 Å². The average molecular weight is 266 g/mol. The Hall–Kier alpha value is -1.22. The normalized spacial score (nSPS) is 23.2. The number of anilines is 1. The maximum absolute atomic E-state index is 12.1. The fourth-order valence-electron chi connectivity index (χ4n) is 2.26. The van der Waals surface area contributed by atoms with E-state index < -0.39 is 0 Å². The minimum atomic E-state index is -0.169. The van der Waals surface area contributed by atoms with Gasteiger partial charge >= 0.3 is 0 Å². The van der Waals surface area contributed by atoms with E-state index in [-0.39, 0.29) is 17.4 Å². The maximum atomic E-state index is 12.1. The Bertz CT molecular complexity index is 523. The Morgan fingerprint density at radius 2 is 2.22 bits per heavy atom. The van der Waals surface area contributed by atoms with Crippen molar-refractivity contribution in [2.24, 2.45) is 5.41 Å². The van der Waals surface area contributed by atoms with E-state index in [2.05, 4.69) is 5.32 Å². The van der Waals surface area contributed by atoms with Crippen LogP contribution in [-0.2, 0) is 11.2 Å². The van der Waals surface area contributed by atoms with Crippen LogP contribution in [0.15, 0.2) is 12.1 Å². The SMILES string of the molecule is CC1Cc2c(NC(=O)C3(C)CC3)ccc(Cl)c2O1. The van der Waals surface area contributed by atoms with Crippen LogP contribution >= 0.6 is 11.6 Å². The molecule has 1 aliphatic heterocycles. The molecule has 1 N–H and O–H groups in total. The minimum absolute atomic E-state index is 0.103. The van der Waals surface area contributed by atoms with Gasteiger partial charge in [0, 0.05) is 23.1 Å². The molecule has 0 saturated heterocycles. The fraction of sp³-hybridized carbons (Fsp3) is 0.500. The lowest BCUT2D eigenvalue weighted by Crippen LogP contribution is -2.22. The molecule has 1 aromatic rings. The van der Waals surface area contributed by atoms with Gasteiger partial charge in [-0.05, 0) is 31.9 Å². The highest BCUT2D eigenvalue weighted by Crippen LogP contribution is 2.47. The first-order chi connectivity index (χ1) is 8.49. The van der Waals surface area contributed by atoms with Crippen LogP contribution in [0.3, 0.4) is 0 Å². The van der Waals surface area contributed by atoms with Crippen LogP contribution in [-0.4, -0.2) is 12.0 Å². The third-order valence-electron chi connectivity index (χ3n) is 3.82. The molecule has 1 aliphatic carbocycles. The van der Waals surface area contributed by atoms with E-state index >= 15 is 0 Å². The number of fused-ring (bicyclic) bond motifs is 1. The van der Waals surface area contributed by atoms with Crippen molar-refractivity contribution in [3.05, 3.63) is 22.7 Å². The Labute approximate surface area is 111 Å². The van der Waals surface area contributed by atoms with E-state index in [1.165, 1.54) is 0 Å². The molecule has 3 rings (SSSR count). The second kappa shape index (κ2) is 3.89. The summed E-state index contributed by atoms with van der Waals surface area (Å²) in [7, 11) is 0. The van der Waals surface area contributed by atoms with Crippen LogP contribution in [0.25, 0.3) is 0 Å². The molecule has 0 radical (unpaired) electrons. The Morgan fingerprint density at radius 3 is 2.89 bits per heavy atom. The van der Waals surface area contributed by atoms with E-state index in [9.17, 15) is 4.79 Å². The van der Waals surface area contributed by atoms with Crippen molar-refractivity contribution in [1.29, 1.82) is 0 Å². The molecule has 1 aromatic carbocycles. The molecule has 1 fully saturated rings. The highest BCUT2D eigenvalue weighted by atomic mass is 35.5. The number of halogens is 1. The Balaban J connectivity index is 1.90. The van der Waals surface area contributed by atoms with Crippen molar-refractivity contribution in [3.63, 3.8) is 0 Å². The highest BCUT2D eigenvalue weighted by Gasteiger charge is 2.45. The predicted molar refractivity (Wildman–Crippen MR) is 71.2 cm³/mol. The van der Waals surface area contributed by atoms with Crippen LogP contribution in [0.2, 0.25) is 5.02 Å². The van der Waals surface area contributed by atoms with Gasteiger partial charge in [0.25, 0.3) is 0 Å². The summed E-state index contributed by atoms with van der Waals surface area (Å²) in [5.41, 5.74) is 1.70. The number of rotatable bonds is 2. The summed E-state index contributed by atoms with van der Waals surface area (Å²) in [6.07, 6.45) is 2.86. The van der Waals surface area contributed by atoms with Gasteiger partial charge in [-0.3, -0.25) is 4.79 Å². The van der Waals surface area contributed by atoms with Crippen molar-refractivity contribution in [3.8, 4) is 5.75 Å². The number of hydrogen-bond donors (Lipinski definition) is 1. The summed E-state index contributed by atoms with van der Waals surface area (Å²) < 4.78 is 5.68. The van der Waals surface area contributed by atoms with Gasteiger partial charge in [0.05, 0.1) is 5.02 Å². The highest BCUT2D eigenvalue weighted by molar-refractivity contribution is 6.32. The molecule has 1 heterocycles. The first kappa shape index (κ1) is 11.8. The summed E-state index contributed by atoms with van der Waals surface area (Å²) in [4.78, 5) is 12.1. The van der Waals surface area contributed by atoms with Crippen LogP contribution < -0.4 is 10.1 Å². The van der Waals surface area contributed by atoms with E-state index in [1.807, 2.05) is 19.9 Å². The fourth-order valence-corrected chi connectivity index (χ4v) is 2.49. The van der Waals surface area contributed by atoms with Gasteiger partial charge in [-0.1, -0.05) is 18.5 Å². The third kappa shape index (κ3) is 1.87. The lowest BCUT2D eigenvalue weighted by atomic mass is 10.1. The number of benzene rings is 1. The van der Waals surface area contributed by atoms with E-state index in [0.29, 0.717) is 5.02 Å². The zero-order valence-electron chi connectivity index (χ0n) is 10.5. The van der Waals surface area contributed by atoms with Gasteiger partial charge < -0.3 is 10.1 Å². The molecule has 4 heteroatoms. The third-order valence-corrected chi connectivity index (χ3v) is 4.12. The quantitative estimate of drug-likeness (QED) is 0.890. The van der Waals surface area contributed by atoms with Crippen molar-refractivity contribution in [2.45, 2.75) is 39.2 Å². The molecular weight excluding hydrogens is 250 g/mol. The lowest BCUT2D eigenvalue weighted by Gasteiger charge is -2.13. The van der Waals surface area contributed by atoms with Crippen molar-refractivity contribution in [2.75, 3.05) is 5.32 Å². The van der Waals surface area contributed by atoms with Gasteiger partial charge in [-0.25, -0.2) is 0 Å². The molecule has 1 atom stereocenters. The number of carbonyl (C=O) groups excluding carboxylic acids is 1. The van der Waals surface area contributed by atoms with E-state index in [1.54, 1.807) is 6.07 Å². The number of hydrogen-bond acceptors (Lipinski definition) is 2. The molecule has 1 amide bonds. The first-order valence-corrected chi connectivity index (χ1v) is 6.67. The zero-order valence-corrected chi connectivity index (χ0v) is 11.3. The predicted octanol–water partition coefficient (Wildman–Crippen LogP) is 3.40. The summed E-state index contributed by atoms with van der Waals surface area (Å²) in [6, 6.07) is 3.65. The van der Waals surface area contributed by atoms with E-state index in [0.717, 1.165) is 36.3 Å². The molecule has 18 heavy (non-hydrogen) atoms. The van der Waals surface area contributed by atoms with E-state index in [4.69, 9.17) is 16.3 Å². The number of amides is 1. The number of nitrogens with one attached hydrogen (secondary N) is 1. The van der Waals surface area contributed by atoms with Gasteiger partial charge in [0.2, 0.25) is 5.91 Å². The average Bonchev–Trinajstić information content (AvgIpc) is 2.94. The monoisotopic (exact) mass is 265 g/mol. The molecular formula is C14H16ClNO2. The molecule has 0 aromatic heterocycles. The molecule has 0 bridgehead atoms. The van der Waals surface area contributed by atoms with Gasteiger partial charge in [0.1, 0.15) is 11.9 Å². The molecule has 0 spiro atoms. The summed E-state index contributed by atoms with van der Waals surface area (Å²) >= 11 is 6.11. The van der Waals surface area contributed by atoms with Crippen LogP contribution in [0, 0.1) is 5.41 Å². The second-order valence-corrected chi connectivity index (χ2v) is 5.96. The van der Waals surface area contributed by atoms with Crippen molar-refractivity contribution < 1.29 is 9.53 Å². The molecule has 1 saturated carbocycles. The molecule has 2 aliphatic rings. The van der Waals surface area contributed by atoms with Crippen molar-refractivity contribution in [1.82, 2.24) is 0 Å². The van der Waals surface area contributed by atoms with Crippen LogP contribution in [0.5, 0.6) is 5.75 Å². The molecule has 96 valence electrons. The van der Waals surface area contributed by atoms with Gasteiger partial charge in [-0.2, -0.15) is 0 Å². The standard InChI is InChI=1S/C14H16ClNO2/c1-8-7-9-11(4-3-10(15)12(9)18-8)16-13(17)14(2)5-6-14/h3-4,8H,5-7H2,1-2H3,(H,16,17). The summed E-state index contributed by atoms with van der Waals surface area (Å²) in [5, 5.41) is 3.63. The van der Waals surface area contributed by atoms with Gasteiger partial charge in [0.15, 0.2) is 0 Å². The smallest absolute Gasteiger partial charge is 0.230 e. The second-order valence-electron chi connectivity index (χ2n) is 5.55.